The zero-order chi connectivity index (χ0) is 13.7. The number of aromatic amines is 1. The maximum absolute atomic E-state index is 11.5. The smallest absolute Gasteiger partial charge is 0.285 e. The van der Waals surface area contributed by atoms with Crippen molar-refractivity contribution in [2.24, 2.45) is 0 Å². The number of rotatable bonds is 6. The van der Waals surface area contributed by atoms with E-state index in [2.05, 4.69) is 20.4 Å². The van der Waals surface area contributed by atoms with Gasteiger partial charge in [-0.2, -0.15) is 5.10 Å². The van der Waals surface area contributed by atoms with Gasteiger partial charge in [0.1, 0.15) is 5.02 Å². The van der Waals surface area contributed by atoms with E-state index in [1.165, 1.54) is 6.42 Å². The summed E-state index contributed by atoms with van der Waals surface area (Å²) in [6.07, 6.45) is 3.91. The molecule has 1 fully saturated rings. The zero-order valence-corrected chi connectivity index (χ0v) is 11.7. The number of hydrogen-bond acceptors (Lipinski definition) is 5. The first-order chi connectivity index (χ1) is 9.22. The first-order valence-electron chi connectivity index (χ1n) is 6.43. The van der Waals surface area contributed by atoms with Crippen LogP contribution in [0.15, 0.2) is 11.0 Å². The average molecular weight is 287 g/mol. The Kier molecular flexibility index (Phi) is 5.18. The number of H-pyrrole nitrogens is 1. The third kappa shape index (κ3) is 3.68. The standard InChI is InChI=1S/C12H19ClN4O2/c1-19-6-5-17(8-9-3-2-4-14-9)10-7-15-16-12(18)11(10)13/h7,9,14H,2-6,8H2,1H3,(H,16,18). The van der Waals surface area contributed by atoms with E-state index in [9.17, 15) is 4.79 Å². The fraction of sp³-hybridized carbons (Fsp3) is 0.667. The number of methoxy groups -OCH3 is 1. The Morgan fingerprint density at radius 2 is 2.47 bits per heavy atom. The van der Waals surface area contributed by atoms with Crippen LogP contribution in [0.1, 0.15) is 12.8 Å². The number of anilines is 1. The summed E-state index contributed by atoms with van der Waals surface area (Å²) in [5, 5.41) is 9.78. The SMILES string of the molecule is COCCN(CC1CCCN1)c1cn[nH]c(=O)c1Cl. The molecule has 1 aromatic heterocycles. The Morgan fingerprint density at radius 3 is 3.16 bits per heavy atom. The molecule has 0 spiro atoms. The highest BCUT2D eigenvalue weighted by Crippen LogP contribution is 2.21. The maximum atomic E-state index is 11.5. The molecule has 2 heterocycles. The van der Waals surface area contributed by atoms with Crippen molar-refractivity contribution < 1.29 is 4.74 Å². The van der Waals surface area contributed by atoms with Crippen LogP contribution in [0.4, 0.5) is 5.69 Å². The Balaban J connectivity index is 2.15. The molecule has 106 valence electrons. The van der Waals surface area contributed by atoms with Gasteiger partial charge >= 0.3 is 0 Å². The van der Waals surface area contributed by atoms with Crippen LogP contribution in [0.3, 0.4) is 0 Å². The number of hydrogen-bond donors (Lipinski definition) is 2. The molecule has 1 aliphatic heterocycles. The minimum absolute atomic E-state index is 0.184. The van der Waals surface area contributed by atoms with Gasteiger partial charge in [0.25, 0.3) is 5.56 Å². The van der Waals surface area contributed by atoms with Gasteiger partial charge < -0.3 is 15.0 Å². The van der Waals surface area contributed by atoms with Crippen molar-refractivity contribution in [2.45, 2.75) is 18.9 Å². The summed E-state index contributed by atoms with van der Waals surface area (Å²) in [6, 6.07) is 0.423. The molecule has 2 rings (SSSR count). The Morgan fingerprint density at radius 1 is 1.63 bits per heavy atom. The highest BCUT2D eigenvalue weighted by molar-refractivity contribution is 6.32. The van der Waals surface area contributed by atoms with Crippen molar-refractivity contribution in [3.8, 4) is 0 Å². The summed E-state index contributed by atoms with van der Waals surface area (Å²) in [7, 11) is 1.66. The van der Waals surface area contributed by atoms with Crippen molar-refractivity contribution >= 4 is 17.3 Å². The number of aromatic nitrogens is 2. The average Bonchev–Trinajstić information content (AvgIpc) is 2.91. The van der Waals surface area contributed by atoms with Crippen LogP contribution in [0.2, 0.25) is 5.02 Å². The Labute approximate surface area is 117 Å². The van der Waals surface area contributed by atoms with Crippen LogP contribution in [-0.2, 0) is 4.74 Å². The van der Waals surface area contributed by atoms with Crippen LogP contribution in [0, 0.1) is 0 Å². The molecule has 0 bridgehead atoms. The summed E-state index contributed by atoms with van der Waals surface area (Å²) >= 11 is 6.07. The second kappa shape index (κ2) is 6.88. The van der Waals surface area contributed by atoms with Crippen LogP contribution in [0.25, 0.3) is 0 Å². The van der Waals surface area contributed by atoms with Gasteiger partial charge in [0.05, 0.1) is 18.5 Å². The van der Waals surface area contributed by atoms with Gasteiger partial charge in [0.2, 0.25) is 0 Å². The van der Waals surface area contributed by atoms with Crippen LogP contribution >= 0.6 is 11.6 Å². The molecule has 0 radical (unpaired) electrons. The second-order valence-corrected chi connectivity index (χ2v) is 5.01. The third-order valence-corrected chi connectivity index (χ3v) is 3.65. The molecule has 0 amide bonds. The summed E-state index contributed by atoms with van der Waals surface area (Å²) in [5.74, 6) is 0. The van der Waals surface area contributed by atoms with Crippen LogP contribution < -0.4 is 15.8 Å². The maximum Gasteiger partial charge on any atom is 0.285 e. The summed E-state index contributed by atoms with van der Waals surface area (Å²) in [5.41, 5.74) is 0.303. The van der Waals surface area contributed by atoms with E-state index in [4.69, 9.17) is 16.3 Å². The minimum atomic E-state index is -0.360. The Hall–Kier alpha value is -1.11. The van der Waals surface area contributed by atoms with E-state index in [0.29, 0.717) is 24.9 Å². The first kappa shape index (κ1) is 14.3. The topological polar surface area (TPSA) is 70.2 Å². The van der Waals surface area contributed by atoms with E-state index in [-0.39, 0.29) is 10.6 Å². The van der Waals surface area contributed by atoms with E-state index >= 15 is 0 Å². The van der Waals surface area contributed by atoms with Gasteiger partial charge in [-0.1, -0.05) is 11.6 Å². The van der Waals surface area contributed by atoms with Crippen molar-refractivity contribution in [3.63, 3.8) is 0 Å². The number of ether oxygens (including phenoxy) is 1. The molecule has 1 unspecified atom stereocenters. The van der Waals surface area contributed by atoms with Crippen molar-refractivity contribution in [1.29, 1.82) is 0 Å². The predicted molar refractivity (Wildman–Crippen MR) is 75.0 cm³/mol. The van der Waals surface area contributed by atoms with Crippen LogP contribution in [0.5, 0.6) is 0 Å². The lowest BCUT2D eigenvalue weighted by molar-refractivity contribution is 0.204. The molecule has 1 aliphatic rings. The van der Waals surface area contributed by atoms with E-state index in [1.807, 2.05) is 0 Å². The lowest BCUT2D eigenvalue weighted by Gasteiger charge is -2.27. The molecular formula is C12H19ClN4O2. The normalized spacial score (nSPS) is 18.7. The lowest BCUT2D eigenvalue weighted by Crippen LogP contribution is -2.40. The van der Waals surface area contributed by atoms with Gasteiger partial charge in [-0.25, -0.2) is 5.10 Å². The van der Waals surface area contributed by atoms with Gasteiger partial charge in [-0.05, 0) is 19.4 Å². The summed E-state index contributed by atoms with van der Waals surface area (Å²) in [6.45, 7) is 3.10. The minimum Gasteiger partial charge on any atom is -0.383 e. The van der Waals surface area contributed by atoms with E-state index in [0.717, 1.165) is 19.5 Å². The first-order valence-corrected chi connectivity index (χ1v) is 6.80. The fourth-order valence-corrected chi connectivity index (χ4v) is 2.50. The monoisotopic (exact) mass is 286 g/mol. The number of nitrogens with zero attached hydrogens (tertiary/aromatic N) is 2. The van der Waals surface area contributed by atoms with Gasteiger partial charge in [0.15, 0.2) is 0 Å². The zero-order valence-electron chi connectivity index (χ0n) is 11.0. The molecule has 0 saturated carbocycles. The molecule has 7 heteroatoms. The van der Waals surface area contributed by atoms with Crippen molar-refractivity contribution in [3.05, 3.63) is 21.6 Å². The molecular weight excluding hydrogens is 268 g/mol. The van der Waals surface area contributed by atoms with Gasteiger partial charge in [-0.15, -0.1) is 0 Å². The van der Waals surface area contributed by atoms with E-state index in [1.54, 1.807) is 13.3 Å². The summed E-state index contributed by atoms with van der Waals surface area (Å²) < 4.78 is 5.12. The molecule has 0 aromatic carbocycles. The van der Waals surface area contributed by atoms with Crippen molar-refractivity contribution in [2.75, 3.05) is 38.3 Å². The number of halogens is 1. The van der Waals surface area contributed by atoms with Crippen LogP contribution in [-0.4, -0.2) is 49.6 Å². The Bertz CT molecular complexity index is 459. The summed E-state index contributed by atoms with van der Waals surface area (Å²) in [4.78, 5) is 13.6. The molecule has 1 saturated heterocycles. The lowest BCUT2D eigenvalue weighted by atomic mass is 10.2. The highest BCUT2D eigenvalue weighted by Gasteiger charge is 2.20. The predicted octanol–water partition coefficient (Wildman–Crippen LogP) is 0.628. The highest BCUT2D eigenvalue weighted by atomic mass is 35.5. The van der Waals surface area contributed by atoms with E-state index < -0.39 is 0 Å². The fourth-order valence-electron chi connectivity index (χ4n) is 2.28. The van der Waals surface area contributed by atoms with Gasteiger partial charge in [0, 0.05) is 26.2 Å². The van der Waals surface area contributed by atoms with Gasteiger partial charge in [-0.3, -0.25) is 4.79 Å². The molecule has 1 aromatic rings. The largest absolute Gasteiger partial charge is 0.383 e. The number of nitrogens with one attached hydrogen (secondary N) is 2. The van der Waals surface area contributed by atoms with Crippen molar-refractivity contribution in [1.82, 2.24) is 15.5 Å². The molecule has 1 atom stereocenters. The quantitative estimate of drug-likeness (QED) is 0.803. The molecule has 2 N–H and O–H groups in total. The molecule has 0 aliphatic carbocycles. The molecule has 6 nitrogen and oxygen atoms in total. The third-order valence-electron chi connectivity index (χ3n) is 3.29. The second-order valence-electron chi connectivity index (χ2n) is 4.63. The molecule has 19 heavy (non-hydrogen) atoms.